The Kier molecular flexibility index (Phi) is 3.26. The molecule has 1 atom stereocenters. The zero-order valence-electron chi connectivity index (χ0n) is 10.3. The van der Waals surface area contributed by atoms with E-state index in [1.165, 1.54) is 12.1 Å². The van der Waals surface area contributed by atoms with E-state index in [9.17, 15) is 14.3 Å². The zero-order chi connectivity index (χ0) is 13.3. The number of carbonyl (C=O) groups is 1. The van der Waals surface area contributed by atoms with E-state index in [4.69, 9.17) is 5.73 Å². The molecule has 0 saturated heterocycles. The van der Waals surface area contributed by atoms with Gasteiger partial charge in [-0.25, -0.2) is 4.39 Å². The fraction of sp³-hybridized carbons (Fsp3) is 0.462. The Hall–Kier alpha value is -1.62. The molecule has 0 radical (unpaired) electrons. The van der Waals surface area contributed by atoms with E-state index in [2.05, 4.69) is 0 Å². The largest absolute Gasteiger partial charge is 0.480 e. The molecule has 1 aromatic carbocycles. The van der Waals surface area contributed by atoms with Crippen LogP contribution in [-0.2, 0) is 4.79 Å². The monoisotopic (exact) mass is 252 g/mol. The Bertz CT molecular complexity index is 462. The highest BCUT2D eigenvalue weighted by Crippen LogP contribution is 2.39. The van der Waals surface area contributed by atoms with Crippen molar-refractivity contribution in [3.05, 3.63) is 30.1 Å². The van der Waals surface area contributed by atoms with Gasteiger partial charge in [0.1, 0.15) is 11.4 Å². The molecular formula is C13H17FN2O2. The van der Waals surface area contributed by atoms with Gasteiger partial charge in [-0.1, -0.05) is 6.07 Å². The Morgan fingerprint density at radius 1 is 1.61 bits per heavy atom. The van der Waals surface area contributed by atoms with Gasteiger partial charge in [-0.15, -0.1) is 0 Å². The highest BCUT2D eigenvalue weighted by Gasteiger charge is 2.48. The van der Waals surface area contributed by atoms with E-state index in [-0.39, 0.29) is 18.3 Å². The van der Waals surface area contributed by atoms with E-state index >= 15 is 0 Å². The number of carboxylic acids is 1. The molecule has 0 heterocycles. The van der Waals surface area contributed by atoms with Crippen molar-refractivity contribution in [2.75, 3.05) is 18.5 Å². The summed E-state index contributed by atoms with van der Waals surface area (Å²) in [7, 11) is 1.72. The second-order valence-corrected chi connectivity index (χ2v) is 4.96. The zero-order valence-corrected chi connectivity index (χ0v) is 10.3. The first-order chi connectivity index (χ1) is 8.43. The summed E-state index contributed by atoms with van der Waals surface area (Å²) in [4.78, 5) is 13.0. The minimum Gasteiger partial charge on any atom is -0.480 e. The molecule has 1 fully saturated rings. The maximum Gasteiger partial charge on any atom is 0.325 e. The average molecular weight is 252 g/mol. The van der Waals surface area contributed by atoms with Crippen LogP contribution in [0.1, 0.15) is 12.8 Å². The minimum absolute atomic E-state index is 0.0195. The van der Waals surface area contributed by atoms with E-state index < -0.39 is 11.5 Å². The van der Waals surface area contributed by atoms with Gasteiger partial charge in [0.2, 0.25) is 0 Å². The number of benzene rings is 1. The van der Waals surface area contributed by atoms with Crippen LogP contribution in [-0.4, -0.2) is 30.2 Å². The van der Waals surface area contributed by atoms with Gasteiger partial charge in [-0.2, -0.15) is 0 Å². The Labute approximate surface area is 105 Å². The third kappa shape index (κ3) is 2.46. The second-order valence-electron chi connectivity index (χ2n) is 4.96. The van der Waals surface area contributed by atoms with Gasteiger partial charge in [0.15, 0.2) is 0 Å². The third-order valence-corrected chi connectivity index (χ3v) is 3.45. The fourth-order valence-corrected chi connectivity index (χ4v) is 2.17. The summed E-state index contributed by atoms with van der Waals surface area (Å²) in [5, 5.41) is 9.27. The number of rotatable bonds is 5. The molecule has 5 heteroatoms. The lowest BCUT2D eigenvalue weighted by molar-refractivity contribution is -0.143. The van der Waals surface area contributed by atoms with Gasteiger partial charge >= 0.3 is 5.97 Å². The molecule has 1 aliphatic carbocycles. The maximum atomic E-state index is 13.1. The molecule has 0 spiro atoms. The lowest BCUT2D eigenvalue weighted by Gasteiger charge is -2.31. The Morgan fingerprint density at radius 3 is 2.78 bits per heavy atom. The van der Waals surface area contributed by atoms with Crippen LogP contribution in [0.25, 0.3) is 0 Å². The van der Waals surface area contributed by atoms with E-state index in [1.807, 2.05) is 0 Å². The Balaban J connectivity index is 2.14. The van der Waals surface area contributed by atoms with Crippen molar-refractivity contribution in [2.45, 2.75) is 18.4 Å². The normalized spacial score (nSPS) is 18.2. The van der Waals surface area contributed by atoms with Gasteiger partial charge in [0.05, 0.1) is 0 Å². The van der Waals surface area contributed by atoms with Gasteiger partial charge in [-0.3, -0.25) is 4.79 Å². The molecular weight excluding hydrogens is 235 g/mol. The first kappa shape index (κ1) is 12.8. The summed E-state index contributed by atoms with van der Waals surface area (Å²) in [5.41, 5.74) is 5.37. The third-order valence-electron chi connectivity index (χ3n) is 3.45. The Morgan fingerprint density at radius 2 is 2.28 bits per heavy atom. The molecule has 1 aromatic rings. The fourth-order valence-electron chi connectivity index (χ4n) is 2.17. The SMILES string of the molecule is CN(CC(N)(C(=O)O)C1CC1)c1cccc(F)c1. The second kappa shape index (κ2) is 4.57. The minimum atomic E-state index is -1.25. The number of likely N-dealkylation sites (N-methyl/N-ethyl adjacent to an activating group) is 1. The number of nitrogens with zero attached hydrogens (tertiary/aromatic N) is 1. The predicted octanol–water partition coefficient (Wildman–Crippen LogP) is 1.45. The van der Waals surface area contributed by atoms with Gasteiger partial charge in [0.25, 0.3) is 0 Å². The lowest BCUT2D eigenvalue weighted by atomic mass is 9.94. The molecule has 0 bridgehead atoms. The van der Waals surface area contributed by atoms with Crippen molar-refractivity contribution < 1.29 is 14.3 Å². The maximum absolute atomic E-state index is 13.1. The van der Waals surface area contributed by atoms with Crippen molar-refractivity contribution in [3.8, 4) is 0 Å². The molecule has 0 aromatic heterocycles. The molecule has 0 amide bonds. The molecule has 4 nitrogen and oxygen atoms in total. The van der Waals surface area contributed by atoms with Crippen LogP contribution < -0.4 is 10.6 Å². The molecule has 2 rings (SSSR count). The van der Waals surface area contributed by atoms with Crippen LogP contribution >= 0.6 is 0 Å². The summed E-state index contributed by atoms with van der Waals surface area (Å²) in [6.07, 6.45) is 1.69. The van der Waals surface area contributed by atoms with Crippen molar-refractivity contribution in [1.82, 2.24) is 0 Å². The molecule has 0 aliphatic heterocycles. The highest BCUT2D eigenvalue weighted by atomic mass is 19.1. The molecule has 1 unspecified atom stereocenters. The number of halogens is 1. The van der Waals surface area contributed by atoms with Gasteiger partial charge < -0.3 is 15.7 Å². The van der Waals surface area contributed by atoms with E-state index in [1.54, 1.807) is 24.1 Å². The van der Waals surface area contributed by atoms with Crippen molar-refractivity contribution >= 4 is 11.7 Å². The van der Waals surface area contributed by atoms with Crippen molar-refractivity contribution in [3.63, 3.8) is 0 Å². The molecule has 3 N–H and O–H groups in total. The molecule has 98 valence electrons. The summed E-state index contributed by atoms with van der Waals surface area (Å²) in [6.45, 7) is 0.177. The van der Waals surface area contributed by atoms with Crippen molar-refractivity contribution in [1.29, 1.82) is 0 Å². The number of anilines is 1. The lowest BCUT2D eigenvalue weighted by Crippen LogP contribution is -2.57. The van der Waals surface area contributed by atoms with E-state index in [0.29, 0.717) is 5.69 Å². The number of hydrogen-bond acceptors (Lipinski definition) is 3. The molecule has 1 aliphatic rings. The quantitative estimate of drug-likeness (QED) is 0.832. The molecule has 18 heavy (non-hydrogen) atoms. The van der Waals surface area contributed by atoms with E-state index in [0.717, 1.165) is 12.8 Å². The van der Waals surface area contributed by atoms with Crippen LogP contribution in [0.3, 0.4) is 0 Å². The highest BCUT2D eigenvalue weighted by molar-refractivity contribution is 5.80. The van der Waals surface area contributed by atoms with Crippen LogP contribution in [0.15, 0.2) is 24.3 Å². The summed E-state index contributed by atoms with van der Waals surface area (Å²) in [6, 6.07) is 6.05. The molecule has 1 saturated carbocycles. The predicted molar refractivity (Wildman–Crippen MR) is 66.9 cm³/mol. The number of carboxylic acid groups (broad SMARTS) is 1. The van der Waals surface area contributed by atoms with Crippen LogP contribution in [0.5, 0.6) is 0 Å². The first-order valence-electron chi connectivity index (χ1n) is 5.92. The smallest absolute Gasteiger partial charge is 0.325 e. The standard InChI is InChI=1S/C13H17FN2O2/c1-16(11-4-2-3-10(14)7-11)8-13(15,12(17)18)9-5-6-9/h2-4,7,9H,5-6,8,15H2,1H3,(H,17,18). The summed E-state index contributed by atoms with van der Waals surface area (Å²) < 4.78 is 13.1. The van der Waals surface area contributed by atoms with Crippen LogP contribution in [0, 0.1) is 11.7 Å². The average Bonchev–Trinajstić information content (AvgIpc) is 3.12. The summed E-state index contributed by atoms with van der Waals surface area (Å²) in [5.74, 6) is -1.32. The van der Waals surface area contributed by atoms with Crippen LogP contribution in [0.2, 0.25) is 0 Å². The summed E-state index contributed by atoms with van der Waals surface area (Å²) >= 11 is 0. The van der Waals surface area contributed by atoms with Crippen LogP contribution in [0.4, 0.5) is 10.1 Å². The van der Waals surface area contributed by atoms with Crippen molar-refractivity contribution in [2.24, 2.45) is 11.7 Å². The number of nitrogens with two attached hydrogens (primary N) is 1. The van der Waals surface area contributed by atoms with Gasteiger partial charge in [-0.05, 0) is 37.0 Å². The first-order valence-corrected chi connectivity index (χ1v) is 5.92. The number of hydrogen-bond donors (Lipinski definition) is 2. The van der Waals surface area contributed by atoms with Gasteiger partial charge in [0, 0.05) is 19.3 Å². The topological polar surface area (TPSA) is 66.6 Å². The number of aliphatic carboxylic acids is 1.